The first kappa shape index (κ1) is 25.0. The number of amides is 3. The molecule has 0 atom stereocenters. The van der Waals surface area contributed by atoms with Gasteiger partial charge < -0.3 is 16.0 Å². The smallest absolute Gasteiger partial charge is 0.315 e. The summed E-state index contributed by atoms with van der Waals surface area (Å²) in [6.07, 6.45) is -1.20. The fourth-order valence-electron chi connectivity index (χ4n) is 4.93. The van der Waals surface area contributed by atoms with Crippen LogP contribution in [0.3, 0.4) is 0 Å². The van der Waals surface area contributed by atoms with Crippen LogP contribution in [0.2, 0.25) is 10.0 Å². The standard InChI is InChI=1S/C25H20Cl2F2N6O2/c26-17-6-3-15(9-18(17)27)21-20(19-11-34(23(31)37)7-8-35(19)33-21)22(36)32-24(12-25(28,29)13-24)16-4-1-14(10-30)2-5-16/h1-6,9H,7-8,11-13H2,(H2,31,37)(H,32,36). The van der Waals surface area contributed by atoms with E-state index in [9.17, 15) is 18.4 Å². The fourth-order valence-corrected chi connectivity index (χ4v) is 5.23. The largest absolute Gasteiger partial charge is 0.351 e. The molecule has 2 heterocycles. The Kier molecular flexibility index (Phi) is 6.09. The van der Waals surface area contributed by atoms with Crippen molar-refractivity contribution in [2.45, 2.75) is 37.4 Å². The molecule has 8 nitrogen and oxygen atoms in total. The van der Waals surface area contributed by atoms with Crippen LogP contribution in [-0.2, 0) is 18.6 Å². The van der Waals surface area contributed by atoms with Crippen molar-refractivity contribution in [2.75, 3.05) is 6.54 Å². The number of nitrogens with zero attached hydrogens (tertiary/aromatic N) is 4. The van der Waals surface area contributed by atoms with E-state index in [2.05, 4.69) is 10.4 Å². The number of hydrogen-bond donors (Lipinski definition) is 2. The van der Waals surface area contributed by atoms with E-state index in [4.69, 9.17) is 34.2 Å². The number of primary amides is 1. The van der Waals surface area contributed by atoms with Crippen molar-refractivity contribution >= 4 is 35.1 Å². The Hall–Kier alpha value is -3.68. The molecule has 1 fully saturated rings. The van der Waals surface area contributed by atoms with Crippen molar-refractivity contribution < 1.29 is 18.4 Å². The molecular formula is C25H20Cl2F2N6O2. The summed E-state index contributed by atoms with van der Waals surface area (Å²) in [6, 6.07) is 12.3. The SMILES string of the molecule is N#Cc1ccc(C2(NC(=O)c3c(-c4ccc(Cl)c(Cl)c4)nn4c3CN(C(N)=O)CC4)CC(F)(F)C2)cc1. The number of benzene rings is 2. The van der Waals surface area contributed by atoms with Gasteiger partial charge in [0.25, 0.3) is 11.8 Å². The number of nitrogens with two attached hydrogens (primary N) is 1. The van der Waals surface area contributed by atoms with E-state index in [1.165, 1.54) is 17.0 Å². The van der Waals surface area contributed by atoms with Crippen LogP contribution in [0.4, 0.5) is 13.6 Å². The van der Waals surface area contributed by atoms with Crippen LogP contribution in [0, 0.1) is 11.3 Å². The maximum absolute atomic E-state index is 14.2. The van der Waals surface area contributed by atoms with Crippen LogP contribution in [-0.4, -0.2) is 39.1 Å². The lowest BCUT2D eigenvalue weighted by Crippen LogP contribution is -2.60. The van der Waals surface area contributed by atoms with E-state index in [1.807, 2.05) is 6.07 Å². The predicted octanol–water partition coefficient (Wildman–Crippen LogP) is 4.68. The molecule has 1 aromatic heterocycles. The molecule has 1 aliphatic heterocycles. The molecule has 37 heavy (non-hydrogen) atoms. The molecule has 3 aromatic rings. The second-order valence-corrected chi connectivity index (χ2v) is 10.0. The summed E-state index contributed by atoms with van der Waals surface area (Å²) >= 11 is 12.3. The second kappa shape index (κ2) is 9.01. The highest BCUT2D eigenvalue weighted by molar-refractivity contribution is 6.42. The molecule has 3 amide bonds. The van der Waals surface area contributed by atoms with Gasteiger partial charge in [0.1, 0.15) is 5.69 Å². The van der Waals surface area contributed by atoms with Gasteiger partial charge >= 0.3 is 6.03 Å². The summed E-state index contributed by atoms with van der Waals surface area (Å²) in [5.41, 5.74) is 6.29. The maximum Gasteiger partial charge on any atom is 0.315 e. The van der Waals surface area contributed by atoms with Gasteiger partial charge in [-0.3, -0.25) is 9.48 Å². The zero-order valence-corrected chi connectivity index (χ0v) is 20.8. The first-order chi connectivity index (χ1) is 17.5. The van der Waals surface area contributed by atoms with E-state index >= 15 is 0 Å². The summed E-state index contributed by atoms with van der Waals surface area (Å²) in [4.78, 5) is 27.1. The second-order valence-electron chi connectivity index (χ2n) is 9.22. The molecule has 0 unspecified atom stereocenters. The molecule has 0 radical (unpaired) electrons. The Morgan fingerprint density at radius 1 is 1.08 bits per heavy atom. The van der Waals surface area contributed by atoms with Crippen LogP contribution in [0.15, 0.2) is 42.5 Å². The minimum Gasteiger partial charge on any atom is -0.351 e. The van der Waals surface area contributed by atoms with Crippen molar-refractivity contribution in [3.8, 4) is 17.3 Å². The molecule has 12 heteroatoms. The molecule has 0 spiro atoms. The van der Waals surface area contributed by atoms with Crippen molar-refractivity contribution in [1.29, 1.82) is 5.26 Å². The van der Waals surface area contributed by atoms with Crippen LogP contribution in [0.25, 0.3) is 11.3 Å². The quantitative estimate of drug-likeness (QED) is 0.495. The zero-order valence-electron chi connectivity index (χ0n) is 19.3. The van der Waals surface area contributed by atoms with Crippen molar-refractivity contribution in [2.24, 2.45) is 5.73 Å². The highest BCUT2D eigenvalue weighted by Gasteiger charge is 2.58. The van der Waals surface area contributed by atoms with Crippen molar-refractivity contribution in [3.05, 3.63) is 74.9 Å². The molecule has 2 aliphatic rings. The number of nitrogens with one attached hydrogen (secondary N) is 1. The third-order valence-electron chi connectivity index (χ3n) is 6.75. The van der Waals surface area contributed by atoms with E-state index in [0.717, 1.165) is 0 Å². The highest BCUT2D eigenvalue weighted by Crippen LogP contribution is 2.52. The van der Waals surface area contributed by atoms with Gasteiger partial charge in [0.2, 0.25) is 0 Å². The lowest BCUT2D eigenvalue weighted by Gasteiger charge is -2.48. The Labute approximate surface area is 220 Å². The lowest BCUT2D eigenvalue weighted by molar-refractivity contribution is -0.133. The minimum atomic E-state index is -2.96. The third-order valence-corrected chi connectivity index (χ3v) is 7.49. The normalized spacial score (nSPS) is 17.3. The number of urea groups is 1. The van der Waals surface area contributed by atoms with Gasteiger partial charge in [0.05, 0.1) is 51.6 Å². The number of aromatic nitrogens is 2. The molecule has 0 bridgehead atoms. The highest BCUT2D eigenvalue weighted by atomic mass is 35.5. The average Bonchev–Trinajstić information content (AvgIpc) is 3.23. The average molecular weight is 545 g/mol. The number of alkyl halides is 2. The van der Waals surface area contributed by atoms with Gasteiger partial charge in [-0.05, 0) is 29.8 Å². The minimum absolute atomic E-state index is 0.0203. The Bertz CT molecular complexity index is 1460. The Morgan fingerprint density at radius 3 is 2.38 bits per heavy atom. The van der Waals surface area contributed by atoms with Crippen molar-refractivity contribution in [3.63, 3.8) is 0 Å². The van der Waals surface area contributed by atoms with Gasteiger partial charge in [0, 0.05) is 24.9 Å². The van der Waals surface area contributed by atoms with Gasteiger partial charge in [-0.2, -0.15) is 10.4 Å². The number of carbonyl (C=O) groups is 2. The van der Waals surface area contributed by atoms with Gasteiger partial charge in [0.15, 0.2) is 0 Å². The molecule has 1 saturated carbocycles. The molecule has 3 N–H and O–H groups in total. The predicted molar refractivity (Wildman–Crippen MR) is 132 cm³/mol. The fraction of sp³-hybridized carbons (Fsp3) is 0.280. The Balaban J connectivity index is 1.59. The van der Waals surface area contributed by atoms with Crippen molar-refractivity contribution in [1.82, 2.24) is 20.0 Å². The van der Waals surface area contributed by atoms with E-state index in [1.54, 1.807) is 35.0 Å². The van der Waals surface area contributed by atoms with E-state index < -0.39 is 36.2 Å². The number of carbonyl (C=O) groups excluding carboxylic acids is 2. The number of nitriles is 1. The van der Waals surface area contributed by atoms with Gasteiger partial charge in [-0.1, -0.05) is 41.4 Å². The molecule has 1 aliphatic carbocycles. The summed E-state index contributed by atoms with van der Waals surface area (Å²) in [7, 11) is 0. The van der Waals surface area contributed by atoms with Crippen LogP contribution < -0.4 is 11.1 Å². The van der Waals surface area contributed by atoms with Crippen LogP contribution in [0.5, 0.6) is 0 Å². The summed E-state index contributed by atoms with van der Waals surface area (Å²) in [5.74, 6) is -3.59. The molecule has 0 saturated heterocycles. The number of fused-ring (bicyclic) bond motifs is 1. The van der Waals surface area contributed by atoms with Crippen LogP contribution >= 0.6 is 23.2 Å². The molecule has 2 aromatic carbocycles. The van der Waals surface area contributed by atoms with E-state index in [0.29, 0.717) is 40.5 Å². The Morgan fingerprint density at radius 2 is 1.78 bits per heavy atom. The summed E-state index contributed by atoms with van der Waals surface area (Å²) in [5, 5.41) is 17.1. The summed E-state index contributed by atoms with van der Waals surface area (Å²) < 4.78 is 30.0. The first-order valence-corrected chi connectivity index (χ1v) is 12.1. The van der Waals surface area contributed by atoms with Crippen LogP contribution in [0.1, 0.15) is 40.0 Å². The third kappa shape index (κ3) is 4.49. The number of hydrogen-bond acceptors (Lipinski definition) is 4. The van der Waals surface area contributed by atoms with Gasteiger partial charge in [-0.15, -0.1) is 0 Å². The molecule has 5 rings (SSSR count). The monoisotopic (exact) mass is 544 g/mol. The van der Waals surface area contributed by atoms with Gasteiger partial charge in [-0.25, -0.2) is 13.6 Å². The zero-order chi connectivity index (χ0) is 26.5. The summed E-state index contributed by atoms with van der Waals surface area (Å²) in [6.45, 7) is 0.610. The lowest BCUT2D eigenvalue weighted by atomic mass is 9.68. The number of halogens is 4. The number of rotatable bonds is 4. The molecular weight excluding hydrogens is 525 g/mol. The maximum atomic E-state index is 14.2. The first-order valence-electron chi connectivity index (χ1n) is 11.3. The topological polar surface area (TPSA) is 117 Å². The molecule has 190 valence electrons. The van der Waals surface area contributed by atoms with E-state index in [-0.39, 0.29) is 22.8 Å².